The maximum absolute atomic E-state index is 15.8. The number of pyridine rings is 1. The van der Waals surface area contributed by atoms with Crippen LogP contribution in [0.3, 0.4) is 0 Å². The van der Waals surface area contributed by atoms with Crippen molar-refractivity contribution in [3.8, 4) is 17.2 Å². The molecule has 1 unspecified atom stereocenters. The number of benzene rings is 2. The molecule has 0 saturated carbocycles. The predicted octanol–water partition coefficient (Wildman–Crippen LogP) is 2.94. The smallest absolute Gasteiger partial charge is 0.259 e. The number of likely N-dealkylation sites (tertiary alicyclic amines) is 1. The molecule has 2 fully saturated rings. The van der Waals surface area contributed by atoms with Crippen molar-refractivity contribution in [2.75, 3.05) is 44.2 Å². The number of hydrogen-bond acceptors (Lipinski definition) is 6. The number of aromatic nitrogens is 1. The van der Waals surface area contributed by atoms with Gasteiger partial charge in [-0.15, -0.1) is 0 Å². The fourth-order valence-electron chi connectivity index (χ4n) is 5.61. The summed E-state index contributed by atoms with van der Waals surface area (Å²) in [6.07, 6.45) is 2.27. The van der Waals surface area contributed by atoms with Crippen molar-refractivity contribution in [1.29, 1.82) is 0 Å². The zero-order valence-corrected chi connectivity index (χ0v) is 20.5. The van der Waals surface area contributed by atoms with Crippen LogP contribution in [0.4, 0.5) is 10.1 Å². The van der Waals surface area contributed by atoms with Crippen LogP contribution in [0.1, 0.15) is 30.6 Å². The maximum Gasteiger partial charge on any atom is 0.259 e. The first-order valence-electron chi connectivity index (χ1n) is 12.6. The van der Waals surface area contributed by atoms with Gasteiger partial charge in [0, 0.05) is 57.5 Å². The predicted molar refractivity (Wildman–Crippen MR) is 137 cm³/mol. The molecule has 4 heterocycles. The van der Waals surface area contributed by atoms with Gasteiger partial charge >= 0.3 is 0 Å². The van der Waals surface area contributed by atoms with Gasteiger partial charge in [0.15, 0.2) is 17.3 Å². The Kier molecular flexibility index (Phi) is 5.49. The molecule has 8 nitrogen and oxygen atoms in total. The maximum atomic E-state index is 15.8. The highest BCUT2D eigenvalue weighted by molar-refractivity contribution is 6.01. The minimum Gasteiger partial charge on any atom is -0.451 e. The summed E-state index contributed by atoms with van der Waals surface area (Å²) in [5.41, 5.74) is 7.06. The van der Waals surface area contributed by atoms with Crippen molar-refractivity contribution in [3.05, 3.63) is 58.1 Å². The van der Waals surface area contributed by atoms with E-state index in [9.17, 15) is 9.59 Å². The lowest BCUT2D eigenvalue weighted by Gasteiger charge is -2.39. The highest BCUT2D eigenvalue weighted by Gasteiger charge is 2.33. The zero-order chi connectivity index (χ0) is 25.1. The molecule has 0 spiro atoms. The first kappa shape index (κ1) is 23.0. The van der Waals surface area contributed by atoms with E-state index in [1.165, 1.54) is 6.07 Å². The SMILES string of the molecule is CC(C)N1CCN(c2c(F)cc3c(=O)c(C(=O)N4CCC(N)C4)cn4c3c2Oc2ccccc2-4)CC1. The van der Waals surface area contributed by atoms with Gasteiger partial charge in [0.25, 0.3) is 5.91 Å². The molecule has 2 saturated heterocycles. The summed E-state index contributed by atoms with van der Waals surface area (Å²) < 4.78 is 23.9. The average Bonchev–Trinajstić information content (AvgIpc) is 3.31. The number of anilines is 1. The van der Waals surface area contributed by atoms with E-state index in [-0.39, 0.29) is 22.9 Å². The molecule has 36 heavy (non-hydrogen) atoms. The summed E-state index contributed by atoms with van der Waals surface area (Å²) >= 11 is 0. The average molecular weight is 492 g/mol. The molecule has 2 N–H and O–H groups in total. The second kappa shape index (κ2) is 8.60. The second-order valence-corrected chi connectivity index (χ2v) is 10.2. The van der Waals surface area contributed by atoms with Crippen molar-refractivity contribution in [2.24, 2.45) is 5.73 Å². The van der Waals surface area contributed by atoms with Gasteiger partial charge in [-0.25, -0.2) is 4.39 Å². The van der Waals surface area contributed by atoms with Gasteiger partial charge in [0.2, 0.25) is 5.43 Å². The number of nitrogens with two attached hydrogens (primary N) is 1. The summed E-state index contributed by atoms with van der Waals surface area (Å²) in [5, 5.41) is 0.135. The minimum absolute atomic E-state index is 0.0111. The molecular weight excluding hydrogens is 461 g/mol. The van der Waals surface area contributed by atoms with E-state index in [0.29, 0.717) is 67.0 Å². The van der Waals surface area contributed by atoms with Crippen molar-refractivity contribution in [1.82, 2.24) is 14.4 Å². The number of carbonyl (C=O) groups is 1. The highest BCUT2D eigenvalue weighted by atomic mass is 19.1. The molecule has 2 aromatic carbocycles. The van der Waals surface area contributed by atoms with E-state index >= 15 is 4.39 Å². The van der Waals surface area contributed by atoms with Crippen LogP contribution in [0.15, 0.2) is 41.3 Å². The largest absolute Gasteiger partial charge is 0.451 e. The van der Waals surface area contributed by atoms with E-state index < -0.39 is 11.2 Å². The fourth-order valence-corrected chi connectivity index (χ4v) is 5.61. The summed E-state index contributed by atoms with van der Waals surface area (Å²) in [5.74, 6) is -0.0325. The Morgan fingerprint density at radius 1 is 1.14 bits per heavy atom. The first-order chi connectivity index (χ1) is 17.3. The van der Waals surface area contributed by atoms with Crippen molar-refractivity contribution >= 4 is 22.5 Å². The molecule has 3 aliphatic heterocycles. The molecule has 3 aliphatic rings. The molecular formula is C27H30FN5O3. The van der Waals surface area contributed by atoms with Gasteiger partial charge in [-0.3, -0.25) is 14.5 Å². The summed E-state index contributed by atoms with van der Waals surface area (Å²) in [4.78, 5) is 32.9. The zero-order valence-electron chi connectivity index (χ0n) is 20.5. The number of nitrogens with zero attached hydrogens (tertiary/aromatic N) is 4. The number of halogens is 1. The number of amides is 1. The summed E-state index contributed by atoms with van der Waals surface area (Å²) in [6.45, 7) is 8.12. The molecule has 3 aromatic rings. The second-order valence-electron chi connectivity index (χ2n) is 10.2. The number of para-hydroxylation sites is 2. The number of carbonyl (C=O) groups excluding carboxylic acids is 1. The van der Waals surface area contributed by atoms with Crippen LogP contribution in [0.25, 0.3) is 16.6 Å². The Morgan fingerprint density at radius 3 is 2.58 bits per heavy atom. The molecule has 188 valence electrons. The van der Waals surface area contributed by atoms with Crippen LogP contribution >= 0.6 is 0 Å². The number of piperazine rings is 1. The fraction of sp³-hybridized carbons (Fsp3) is 0.407. The van der Waals surface area contributed by atoms with Crippen molar-refractivity contribution < 1.29 is 13.9 Å². The van der Waals surface area contributed by atoms with Crippen LogP contribution < -0.4 is 20.8 Å². The Bertz CT molecular complexity index is 1430. The first-order valence-corrected chi connectivity index (χ1v) is 12.6. The third-order valence-corrected chi connectivity index (χ3v) is 7.61. The van der Waals surface area contributed by atoms with Crippen LogP contribution in [0, 0.1) is 5.82 Å². The monoisotopic (exact) mass is 491 g/mol. The lowest BCUT2D eigenvalue weighted by molar-refractivity contribution is 0.0789. The van der Waals surface area contributed by atoms with Gasteiger partial charge < -0.3 is 24.8 Å². The molecule has 9 heteroatoms. The van der Waals surface area contributed by atoms with E-state index in [4.69, 9.17) is 10.5 Å². The number of hydrogen-bond donors (Lipinski definition) is 1. The third kappa shape index (κ3) is 3.57. The van der Waals surface area contributed by atoms with Crippen LogP contribution in [0.5, 0.6) is 11.5 Å². The quantitative estimate of drug-likeness (QED) is 0.475. The van der Waals surface area contributed by atoms with Gasteiger partial charge in [-0.2, -0.15) is 0 Å². The van der Waals surface area contributed by atoms with Gasteiger partial charge in [-0.05, 0) is 38.5 Å². The van der Waals surface area contributed by atoms with Crippen LogP contribution in [0.2, 0.25) is 0 Å². The van der Waals surface area contributed by atoms with Crippen molar-refractivity contribution in [3.63, 3.8) is 0 Å². The van der Waals surface area contributed by atoms with Crippen LogP contribution in [-0.4, -0.2) is 71.6 Å². The molecule has 1 aromatic heterocycles. The standard InChI is InChI=1S/C27H30FN5O3/c1-16(2)30-9-11-31(12-10-30)24-20(28)13-18-23-26(24)36-22-6-4-3-5-21(22)33(23)15-19(25(18)34)27(35)32-8-7-17(29)14-32/h3-6,13,15-17H,7-12,14,29H2,1-2H3. The molecule has 1 atom stereocenters. The topological polar surface area (TPSA) is 84.0 Å². The molecule has 6 rings (SSSR count). The molecule has 0 radical (unpaired) electrons. The Hall–Kier alpha value is -3.43. The van der Waals surface area contributed by atoms with Gasteiger partial charge in [-0.1, -0.05) is 12.1 Å². The number of ether oxygens (including phenoxy) is 1. The van der Waals surface area contributed by atoms with Crippen LogP contribution in [-0.2, 0) is 0 Å². The lowest BCUT2D eigenvalue weighted by atomic mass is 10.0. The molecule has 0 bridgehead atoms. The Labute approximate surface area is 208 Å². The third-order valence-electron chi connectivity index (χ3n) is 7.61. The normalized spacial score (nSPS) is 19.6. The summed E-state index contributed by atoms with van der Waals surface area (Å²) in [6, 6.07) is 8.98. The number of rotatable bonds is 3. The van der Waals surface area contributed by atoms with E-state index in [1.807, 2.05) is 29.2 Å². The Morgan fingerprint density at radius 2 is 1.89 bits per heavy atom. The van der Waals surface area contributed by atoms with E-state index in [2.05, 4.69) is 18.7 Å². The van der Waals surface area contributed by atoms with E-state index in [1.54, 1.807) is 15.7 Å². The van der Waals surface area contributed by atoms with Crippen molar-refractivity contribution in [2.45, 2.75) is 32.4 Å². The van der Waals surface area contributed by atoms with Gasteiger partial charge in [0.05, 0.1) is 11.1 Å². The number of fused-ring (bicyclic) bond motifs is 2. The van der Waals surface area contributed by atoms with E-state index in [0.717, 1.165) is 13.1 Å². The Balaban J connectivity index is 1.54. The summed E-state index contributed by atoms with van der Waals surface area (Å²) in [7, 11) is 0. The molecule has 0 aliphatic carbocycles. The minimum atomic E-state index is -0.522. The highest BCUT2D eigenvalue weighted by Crippen LogP contribution is 2.46. The lowest BCUT2D eigenvalue weighted by Crippen LogP contribution is -2.49. The van der Waals surface area contributed by atoms with Gasteiger partial charge in [0.1, 0.15) is 16.8 Å². The molecule has 1 amide bonds.